The zero-order valence-electron chi connectivity index (χ0n) is 7.24. The molecule has 0 aromatic heterocycles. The van der Waals surface area contributed by atoms with E-state index in [1.807, 2.05) is 0 Å². The smallest absolute Gasteiger partial charge is 0.397 e. The van der Waals surface area contributed by atoms with Gasteiger partial charge in [0, 0.05) is 11.5 Å². The van der Waals surface area contributed by atoms with E-state index in [0.29, 0.717) is 10.2 Å². The number of benzene rings is 1. The van der Waals surface area contributed by atoms with Crippen molar-refractivity contribution in [3.63, 3.8) is 0 Å². The third kappa shape index (κ3) is 2.12. The average molecular weight is 269 g/mol. The van der Waals surface area contributed by atoms with Crippen molar-refractivity contribution in [1.82, 2.24) is 0 Å². The lowest BCUT2D eigenvalue weighted by Crippen LogP contribution is -2.07. The molecule has 1 aromatic rings. The van der Waals surface area contributed by atoms with E-state index in [-0.39, 0.29) is 5.69 Å². The number of alkyl halides is 3. The number of rotatable bonds is 1. The molecule has 0 saturated heterocycles. The summed E-state index contributed by atoms with van der Waals surface area (Å²) in [5.74, 6) is 0. The molecule has 0 fully saturated rings. The molecule has 1 rings (SSSR count). The number of nitrogens with two attached hydrogens (primary N) is 1. The molecule has 78 valence electrons. The molecule has 1 aromatic carbocycles. The van der Waals surface area contributed by atoms with Crippen LogP contribution in [0.3, 0.4) is 0 Å². The summed E-state index contributed by atoms with van der Waals surface area (Å²) < 4.78 is 37.2. The maximum atomic E-state index is 12.3. The van der Waals surface area contributed by atoms with Gasteiger partial charge in [0.15, 0.2) is 0 Å². The van der Waals surface area contributed by atoms with Crippen molar-refractivity contribution < 1.29 is 13.2 Å². The van der Waals surface area contributed by atoms with Gasteiger partial charge in [0.25, 0.3) is 0 Å². The highest BCUT2D eigenvalue weighted by Gasteiger charge is 2.31. The molecular formula is C8H8BrF3N2. The van der Waals surface area contributed by atoms with E-state index in [1.54, 1.807) is 7.05 Å². The van der Waals surface area contributed by atoms with Gasteiger partial charge in [-0.3, -0.25) is 0 Å². The topological polar surface area (TPSA) is 38.0 Å². The Balaban J connectivity index is 3.28. The molecule has 0 bridgehead atoms. The normalized spacial score (nSPS) is 11.5. The second-order valence-corrected chi connectivity index (χ2v) is 3.52. The summed E-state index contributed by atoms with van der Waals surface area (Å²) in [5, 5.41) is 2.70. The Labute approximate surface area is 87.4 Å². The number of halogens is 4. The molecule has 0 atom stereocenters. The minimum atomic E-state index is -4.37. The molecule has 0 unspecified atom stereocenters. The van der Waals surface area contributed by atoms with Gasteiger partial charge in [-0.25, -0.2) is 0 Å². The zero-order valence-corrected chi connectivity index (χ0v) is 8.83. The number of nitrogens with one attached hydrogen (secondary N) is 1. The van der Waals surface area contributed by atoms with Crippen LogP contribution in [0.15, 0.2) is 16.6 Å². The summed E-state index contributed by atoms with van der Waals surface area (Å²) in [4.78, 5) is 0. The van der Waals surface area contributed by atoms with Crippen molar-refractivity contribution >= 4 is 27.3 Å². The van der Waals surface area contributed by atoms with Gasteiger partial charge in [0.2, 0.25) is 0 Å². The summed E-state index contributed by atoms with van der Waals surface area (Å²) in [6.45, 7) is 0. The first kappa shape index (κ1) is 11.2. The molecule has 0 heterocycles. The molecule has 0 amide bonds. The summed E-state index contributed by atoms with van der Waals surface area (Å²) in [7, 11) is 1.59. The number of hydrogen-bond acceptors (Lipinski definition) is 2. The Hall–Kier alpha value is -0.910. The molecular weight excluding hydrogens is 261 g/mol. The van der Waals surface area contributed by atoms with E-state index in [9.17, 15) is 13.2 Å². The first-order valence-corrected chi connectivity index (χ1v) is 4.49. The van der Waals surface area contributed by atoms with Gasteiger partial charge in [0.05, 0.1) is 16.9 Å². The van der Waals surface area contributed by atoms with Crippen molar-refractivity contribution in [1.29, 1.82) is 0 Å². The summed E-state index contributed by atoms with van der Waals surface area (Å²) >= 11 is 3.01. The van der Waals surface area contributed by atoms with Crippen molar-refractivity contribution in [3.05, 3.63) is 22.2 Å². The van der Waals surface area contributed by atoms with Gasteiger partial charge < -0.3 is 11.1 Å². The van der Waals surface area contributed by atoms with Crippen LogP contribution in [-0.2, 0) is 6.18 Å². The van der Waals surface area contributed by atoms with E-state index < -0.39 is 11.7 Å². The molecule has 0 aliphatic rings. The van der Waals surface area contributed by atoms with Crippen LogP contribution in [0.2, 0.25) is 0 Å². The first-order chi connectivity index (χ1) is 6.36. The SMILES string of the molecule is CNc1c(N)cc(C(F)(F)F)cc1Br. The minimum absolute atomic E-state index is 0.0641. The van der Waals surface area contributed by atoms with Gasteiger partial charge in [-0.05, 0) is 28.1 Å². The van der Waals surface area contributed by atoms with Gasteiger partial charge in [0.1, 0.15) is 0 Å². The molecule has 14 heavy (non-hydrogen) atoms. The second kappa shape index (κ2) is 3.68. The van der Waals surface area contributed by atoms with E-state index in [1.165, 1.54) is 0 Å². The summed E-state index contributed by atoms with van der Waals surface area (Å²) in [5.41, 5.74) is 5.19. The van der Waals surface area contributed by atoms with E-state index >= 15 is 0 Å². The predicted octanol–water partition coefficient (Wildman–Crippen LogP) is 3.09. The fraction of sp³-hybridized carbons (Fsp3) is 0.250. The summed E-state index contributed by atoms with van der Waals surface area (Å²) in [6.07, 6.45) is -4.37. The van der Waals surface area contributed by atoms with Gasteiger partial charge in [-0.1, -0.05) is 0 Å². The molecule has 0 aliphatic heterocycles. The third-order valence-electron chi connectivity index (χ3n) is 1.70. The Morgan fingerprint density at radius 2 is 1.93 bits per heavy atom. The van der Waals surface area contributed by atoms with Crippen molar-refractivity contribution in [3.8, 4) is 0 Å². The van der Waals surface area contributed by atoms with Crippen molar-refractivity contribution in [2.75, 3.05) is 18.1 Å². The average Bonchev–Trinajstić information content (AvgIpc) is 2.01. The van der Waals surface area contributed by atoms with E-state index in [2.05, 4.69) is 21.2 Å². The van der Waals surface area contributed by atoms with Crippen LogP contribution in [0, 0.1) is 0 Å². The number of anilines is 2. The van der Waals surface area contributed by atoms with Crippen LogP contribution in [0.4, 0.5) is 24.5 Å². The minimum Gasteiger partial charge on any atom is -0.397 e. The molecule has 6 heteroatoms. The third-order valence-corrected chi connectivity index (χ3v) is 2.32. The Kier molecular flexibility index (Phi) is 2.94. The van der Waals surface area contributed by atoms with Crippen LogP contribution < -0.4 is 11.1 Å². The Morgan fingerprint density at radius 1 is 1.36 bits per heavy atom. The van der Waals surface area contributed by atoms with Gasteiger partial charge in [-0.15, -0.1) is 0 Å². The Bertz CT molecular complexity index is 326. The highest BCUT2D eigenvalue weighted by molar-refractivity contribution is 9.10. The lowest BCUT2D eigenvalue weighted by molar-refractivity contribution is -0.137. The van der Waals surface area contributed by atoms with Crippen LogP contribution in [0.5, 0.6) is 0 Å². The molecule has 0 radical (unpaired) electrons. The van der Waals surface area contributed by atoms with Crippen molar-refractivity contribution in [2.45, 2.75) is 6.18 Å². The second-order valence-electron chi connectivity index (χ2n) is 2.67. The molecule has 0 aliphatic carbocycles. The molecule has 0 spiro atoms. The largest absolute Gasteiger partial charge is 0.416 e. The van der Waals surface area contributed by atoms with Gasteiger partial charge in [-0.2, -0.15) is 13.2 Å². The fourth-order valence-electron chi connectivity index (χ4n) is 1.06. The molecule has 3 N–H and O–H groups in total. The standard InChI is InChI=1S/C8H8BrF3N2/c1-14-7-5(9)2-4(3-6(7)13)8(10,11)12/h2-3,14H,13H2,1H3. The maximum absolute atomic E-state index is 12.3. The van der Waals surface area contributed by atoms with E-state index in [0.717, 1.165) is 12.1 Å². The lowest BCUT2D eigenvalue weighted by atomic mass is 10.1. The predicted molar refractivity (Wildman–Crippen MR) is 53.1 cm³/mol. The highest BCUT2D eigenvalue weighted by atomic mass is 79.9. The molecule has 0 saturated carbocycles. The zero-order chi connectivity index (χ0) is 10.9. The van der Waals surface area contributed by atoms with Crippen molar-refractivity contribution in [2.24, 2.45) is 0 Å². The first-order valence-electron chi connectivity index (χ1n) is 3.70. The van der Waals surface area contributed by atoms with Gasteiger partial charge >= 0.3 is 6.18 Å². The Morgan fingerprint density at radius 3 is 2.29 bits per heavy atom. The number of nitrogen functional groups attached to an aromatic ring is 1. The van der Waals surface area contributed by atoms with Crippen LogP contribution in [0.1, 0.15) is 5.56 Å². The molecule has 2 nitrogen and oxygen atoms in total. The lowest BCUT2D eigenvalue weighted by Gasteiger charge is -2.12. The van der Waals surface area contributed by atoms with Crippen LogP contribution in [0.25, 0.3) is 0 Å². The maximum Gasteiger partial charge on any atom is 0.416 e. The van der Waals surface area contributed by atoms with Crippen LogP contribution >= 0.6 is 15.9 Å². The van der Waals surface area contributed by atoms with E-state index in [4.69, 9.17) is 5.73 Å². The van der Waals surface area contributed by atoms with Crippen LogP contribution in [-0.4, -0.2) is 7.05 Å². The fourth-order valence-corrected chi connectivity index (χ4v) is 1.73. The number of hydrogen-bond donors (Lipinski definition) is 2. The quantitative estimate of drug-likeness (QED) is 0.769. The monoisotopic (exact) mass is 268 g/mol. The summed E-state index contributed by atoms with van der Waals surface area (Å²) in [6, 6.07) is 1.89. The highest BCUT2D eigenvalue weighted by Crippen LogP contribution is 2.37.